The van der Waals surface area contributed by atoms with E-state index >= 15 is 0 Å². The van der Waals surface area contributed by atoms with Crippen LogP contribution < -0.4 is 4.90 Å². The molecule has 1 amide bonds. The van der Waals surface area contributed by atoms with Gasteiger partial charge in [-0.25, -0.2) is 0 Å². The molecule has 25 heavy (non-hydrogen) atoms. The standard InChI is InChI=1S/C19H16Cl2N2OS/c20-13-6-7-15-16(12-13)25-18(17(15)21)19(24)23-10-8-22(9-11-23)14-4-2-1-3-5-14/h1-7,12H,8-11H2. The summed E-state index contributed by atoms with van der Waals surface area (Å²) in [6, 6.07) is 15.8. The highest BCUT2D eigenvalue weighted by atomic mass is 35.5. The molecule has 0 aliphatic carbocycles. The first kappa shape index (κ1) is 16.7. The molecule has 3 nitrogen and oxygen atoms in total. The SMILES string of the molecule is O=C(c1sc2cc(Cl)ccc2c1Cl)N1CCN(c2ccccc2)CC1. The summed E-state index contributed by atoms with van der Waals surface area (Å²) >= 11 is 13.9. The fourth-order valence-corrected chi connectivity index (χ4v) is 4.88. The maximum Gasteiger partial charge on any atom is 0.265 e. The highest BCUT2D eigenvalue weighted by Gasteiger charge is 2.26. The van der Waals surface area contributed by atoms with Gasteiger partial charge in [0.25, 0.3) is 5.91 Å². The molecule has 0 saturated carbocycles. The topological polar surface area (TPSA) is 23.6 Å². The van der Waals surface area contributed by atoms with E-state index < -0.39 is 0 Å². The first-order chi connectivity index (χ1) is 12.1. The Balaban J connectivity index is 1.52. The van der Waals surface area contributed by atoms with E-state index in [4.69, 9.17) is 23.2 Å². The van der Waals surface area contributed by atoms with E-state index in [9.17, 15) is 4.79 Å². The van der Waals surface area contributed by atoms with Crippen LogP contribution in [0.1, 0.15) is 9.67 Å². The summed E-state index contributed by atoms with van der Waals surface area (Å²) in [7, 11) is 0. The molecule has 0 radical (unpaired) electrons. The second-order valence-corrected chi connectivity index (χ2v) is 7.87. The molecule has 0 N–H and O–H groups in total. The Kier molecular flexibility index (Phi) is 4.59. The van der Waals surface area contributed by atoms with Gasteiger partial charge in [0, 0.05) is 47.0 Å². The molecular formula is C19H16Cl2N2OS. The molecule has 128 valence electrons. The highest BCUT2D eigenvalue weighted by Crippen LogP contribution is 2.37. The largest absolute Gasteiger partial charge is 0.368 e. The number of benzene rings is 2. The van der Waals surface area contributed by atoms with E-state index in [0.29, 0.717) is 28.0 Å². The van der Waals surface area contributed by atoms with Crippen LogP contribution in [0.2, 0.25) is 10.0 Å². The Morgan fingerprint density at radius 3 is 2.40 bits per heavy atom. The molecule has 0 spiro atoms. The van der Waals surface area contributed by atoms with E-state index in [1.54, 1.807) is 6.07 Å². The third-order valence-electron chi connectivity index (χ3n) is 4.47. The lowest BCUT2D eigenvalue weighted by molar-refractivity contribution is 0.0752. The van der Waals surface area contributed by atoms with Gasteiger partial charge in [0.15, 0.2) is 0 Å². The van der Waals surface area contributed by atoms with E-state index in [1.165, 1.54) is 17.0 Å². The number of carbonyl (C=O) groups excluding carboxylic acids is 1. The smallest absolute Gasteiger partial charge is 0.265 e. The molecular weight excluding hydrogens is 375 g/mol. The summed E-state index contributed by atoms with van der Waals surface area (Å²) < 4.78 is 0.948. The maximum atomic E-state index is 12.9. The van der Waals surface area contributed by atoms with Gasteiger partial charge >= 0.3 is 0 Å². The highest BCUT2D eigenvalue weighted by molar-refractivity contribution is 7.21. The van der Waals surface area contributed by atoms with Crippen LogP contribution in [-0.4, -0.2) is 37.0 Å². The number of fused-ring (bicyclic) bond motifs is 1. The number of piperazine rings is 1. The second-order valence-electron chi connectivity index (χ2n) is 6.00. The number of para-hydroxylation sites is 1. The van der Waals surface area contributed by atoms with Crippen molar-refractivity contribution in [2.45, 2.75) is 0 Å². The zero-order chi connectivity index (χ0) is 17.4. The van der Waals surface area contributed by atoms with Gasteiger partial charge in [-0.05, 0) is 24.3 Å². The van der Waals surface area contributed by atoms with Gasteiger partial charge in [-0.1, -0.05) is 47.5 Å². The summed E-state index contributed by atoms with van der Waals surface area (Å²) in [6.45, 7) is 3.03. The number of anilines is 1. The van der Waals surface area contributed by atoms with Crippen molar-refractivity contribution >= 4 is 56.2 Å². The Bertz CT molecular complexity index is 918. The van der Waals surface area contributed by atoms with Crippen LogP contribution in [0.15, 0.2) is 48.5 Å². The van der Waals surface area contributed by atoms with E-state index in [2.05, 4.69) is 17.0 Å². The van der Waals surface area contributed by atoms with Crippen molar-refractivity contribution < 1.29 is 4.79 Å². The first-order valence-electron chi connectivity index (χ1n) is 8.10. The average molecular weight is 391 g/mol. The fourth-order valence-electron chi connectivity index (χ4n) is 3.13. The van der Waals surface area contributed by atoms with Crippen LogP contribution in [0.25, 0.3) is 10.1 Å². The molecule has 1 aromatic heterocycles. The van der Waals surface area contributed by atoms with Gasteiger partial charge in [0.05, 0.1) is 5.02 Å². The van der Waals surface area contributed by atoms with E-state index in [0.717, 1.165) is 23.2 Å². The zero-order valence-electron chi connectivity index (χ0n) is 13.4. The minimum atomic E-state index is 0.00929. The van der Waals surface area contributed by atoms with Gasteiger partial charge in [0.1, 0.15) is 4.88 Å². The Labute approximate surface area is 160 Å². The van der Waals surface area contributed by atoms with Gasteiger partial charge in [-0.2, -0.15) is 0 Å². The summed E-state index contributed by atoms with van der Waals surface area (Å²) in [5.41, 5.74) is 1.20. The first-order valence-corrected chi connectivity index (χ1v) is 9.67. The monoisotopic (exact) mass is 390 g/mol. The van der Waals surface area contributed by atoms with Gasteiger partial charge in [-0.15, -0.1) is 11.3 Å². The quantitative estimate of drug-likeness (QED) is 0.602. The van der Waals surface area contributed by atoms with E-state index in [-0.39, 0.29) is 5.91 Å². The molecule has 6 heteroatoms. The number of nitrogens with zero attached hydrogens (tertiary/aromatic N) is 2. The zero-order valence-corrected chi connectivity index (χ0v) is 15.7. The molecule has 1 aliphatic heterocycles. The Hall–Kier alpha value is -1.75. The third-order valence-corrected chi connectivity index (χ3v) is 6.35. The van der Waals surface area contributed by atoms with Crippen LogP contribution in [0.3, 0.4) is 0 Å². The molecule has 1 fully saturated rings. The summed E-state index contributed by atoms with van der Waals surface area (Å²) in [6.07, 6.45) is 0. The van der Waals surface area contributed by atoms with Crippen molar-refractivity contribution in [3.8, 4) is 0 Å². The predicted octanol–water partition coefficient (Wildman–Crippen LogP) is 5.17. The predicted molar refractivity (Wildman–Crippen MR) is 106 cm³/mol. The summed E-state index contributed by atoms with van der Waals surface area (Å²) in [4.78, 5) is 17.7. The average Bonchev–Trinajstić information content (AvgIpc) is 2.98. The van der Waals surface area contributed by atoms with Gasteiger partial charge in [0.2, 0.25) is 0 Å². The molecule has 1 aliphatic rings. The summed E-state index contributed by atoms with van der Waals surface area (Å²) in [5, 5.41) is 2.08. The third kappa shape index (κ3) is 3.22. The second kappa shape index (κ2) is 6.87. The molecule has 0 bridgehead atoms. The lowest BCUT2D eigenvalue weighted by Gasteiger charge is -2.36. The van der Waals surface area contributed by atoms with Crippen molar-refractivity contribution in [1.82, 2.24) is 4.90 Å². The van der Waals surface area contributed by atoms with Crippen molar-refractivity contribution in [3.63, 3.8) is 0 Å². The number of hydrogen-bond donors (Lipinski definition) is 0. The minimum absolute atomic E-state index is 0.00929. The van der Waals surface area contributed by atoms with Crippen LogP contribution >= 0.6 is 34.5 Å². The van der Waals surface area contributed by atoms with E-state index in [1.807, 2.05) is 35.2 Å². The van der Waals surface area contributed by atoms with Crippen LogP contribution in [-0.2, 0) is 0 Å². The number of hydrogen-bond acceptors (Lipinski definition) is 3. The number of halogens is 2. The van der Waals surface area contributed by atoms with Gasteiger partial charge < -0.3 is 9.80 Å². The van der Waals surface area contributed by atoms with Crippen molar-refractivity contribution in [2.24, 2.45) is 0 Å². The van der Waals surface area contributed by atoms with Crippen molar-refractivity contribution in [1.29, 1.82) is 0 Å². The Morgan fingerprint density at radius 1 is 0.960 bits per heavy atom. The molecule has 2 heterocycles. The lowest BCUT2D eigenvalue weighted by atomic mass is 10.2. The molecule has 4 rings (SSSR count). The summed E-state index contributed by atoms with van der Waals surface area (Å²) in [5.74, 6) is 0.00929. The molecule has 2 aromatic carbocycles. The maximum absolute atomic E-state index is 12.9. The number of thiophene rings is 1. The Morgan fingerprint density at radius 2 is 1.68 bits per heavy atom. The molecule has 3 aromatic rings. The number of carbonyl (C=O) groups is 1. The molecule has 0 unspecified atom stereocenters. The molecule has 1 saturated heterocycles. The van der Waals surface area contributed by atoms with Crippen molar-refractivity contribution in [3.05, 3.63) is 63.5 Å². The lowest BCUT2D eigenvalue weighted by Crippen LogP contribution is -2.48. The van der Waals surface area contributed by atoms with Gasteiger partial charge in [-0.3, -0.25) is 4.79 Å². The normalized spacial score (nSPS) is 15.0. The van der Waals surface area contributed by atoms with Crippen LogP contribution in [0.4, 0.5) is 5.69 Å². The van der Waals surface area contributed by atoms with Crippen molar-refractivity contribution in [2.75, 3.05) is 31.1 Å². The van der Waals surface area contributed by atoms with Crippen LogP contribution in [0.5, 0.6) is 0 Å². The molecule has 0 atom stereocenters. The minimum Gasteiger partial charge on any atom is -0.368 e. The fraction of sp³-hybridized carbons (Fsp3) is 0.211. The van der Waals surface area contributed by atoms with Crippen LogP contribution in [0, 0.1) is 0 Å². The number of amides is 1. The number of rotatable bonds is 2.